The van der Waals surface area contributed by atoms with Gasteiger partial charge < -0.3 is 13.9 Å². The normalized spacial score (nSPS) is 11.0. The van der Waals surface area contributed by atoms with E-state index in [9.17, 15) is 4.79 Å². The smallest absolute Gasteiger partial charge is 0.417 e. The number of fused-ring (bicyclic) bond motifs is 3. The second-order valence-corrected chi connectivity index (χ2v) is 3.74. The number of aromatic nitrogens is 2. The summed E-state index contributed by atoms with van der Waals surface area (Å²) in [6.45, 7) is 0. The fourth-order valence-corrected chi connectivity index (χ4v) is 1.93. The Bertz CT molecular complexity index is 788. The monoisotopic (exact) mass is 246 g/mol. The largest absolute Gasteiger partial charge is 0.493 e. The lowest BCUT2D eigenvalue weighted by Crippen LogP contribution is -1.94. The molecule has 0 saturated carbocycles. The first-order valence-corrected chi connectivity index (χ1v) is 5.26. The number of hydrogen-bond acceptors (Lipinski definition) is 5. The lowest BCUT2D eigenvalue weighted by atomic mass is 10.2. The van der Waals surface area contributed by atoms with E-state index in [1.54, 1.807) is 26.4 Å². The van der Waals surface area contributed by atoms with Crippen LogP contribution in [-0.4, -0.2) is 24.2 Å². The van der Waals surface area contributed by atoms with Crippen molar-refractivity contribution in [2.45, 2.75) is 0 Å². The van der Waals surface area contributed by atoms with Crippen LogP contribution in [0.3, 0.4) is 0 Å². The maximum Gasteiger partial charge on any atom is 0.417 e. The standard InChI is InChI=1S/C12H10N2O4/c1-16-8-3-6-7(4-9(8)17-2)13-5-10-11(6)14-12(15)18-10/h3-5H,1-2H3,(H,14,15). The van der Waals surface area contributed by atoms with Crippen LogP contribution in [0.1, 0.15) is 0 Å². The van der Waals surface area contributed by atoms with Gasteiger partial charge >= 0.3 is 5.76 Å². The topological polar surface area (TPSA) is 77.4 Å². The van der Waals surface area contributed by atoms with E-state index in [2.05, 4.69) is 9.97 Å². The van der Waals surface area contributed by atoms with Crippen LogP contribution >= 0.6 is 0 Å². The minimum absolute atomic E-state index is 0.416. The molecule has 0 atom stereocenters. The van der Waals surface area contributed by atoms with E-state index in [0.717, 1.165) is 5.39 Å². The molecule has 18 heavy (non-hydrogen) atoms. The van der Waals surface area contributed by atoms with E-state index in [0.29, 0.717) is 28.1 Å². The summed E-state index contributed by atoms with van der Waals surface area (Å²) in [5.41, 5.74) is 1.71. The summed E-state index contributed by atoms with van der Waals surface area (Å²) in [6.07, 6.45) is 1.50. The average molecular weight is 246 g/mol. The van der Waals surface area contributed by atoms with Crippen LogP contribution in [0.4, 0.5) is 0 Å². The molecule has 0 bridgehead atoms. The van der Waals surface area contributed by atoms with Gasteiger partial charge in [-0.3, -0.25) is 9.97 Å². The lowest BCUT2D eigenvalue weighted by Gasteiger charge is -2.08. The summed E-state index contributed by atoms with van der Waals surface area (Å²) in [7, 11) is 3.11. The molecule has 3 rings (SSSR count). The lowest BCUT2D eigenvalue weighted by molar-refractivity contribution is 0.356. The van der Waals surface area contributed by atoms with Crippen molar-refractivity contribution < 1.29 is 13.9 Å². The minimum Gasteiger partial charge on any atom is -0.493 e. The molecule has 3 aromatic rings. The Kier molecular flexibility index (Phi) is 2.22. The van der Waals surface area contributed by atoms with Crippen LogP contribution in [0.5, 0.6) is 11.5 Å². The molecule has 0 aliphatic carbocycles. The number of oxazole rings is 1. The first-order valence-electron chi connectivity index (χ1n) is 5.26. The van der Waals surface area contributed by atoms with Crippen LogP contribution < -0.4 is 15.2 Å². The van der Waals surface area contributed by atoms with Crippen LogP contribution in [0.25, 0.3) is 22.0 Å². The zero-order valence-corrected chi connectivity index (χ0v) is 9.81. The molecule has 0 aliphatic heterocycles. The van der Waals surface area contributed by atoms with Crippen LogP contribution in [-0.2, 0) is 0 Å². The number of rotatable bonds is 2. The van der Waals surface area contributed by atoms with Gasteiger partial charge in [0.25, 0.3) is 0 Å². The van der Waals surface area contributed by atoms with Gasteiger partial charge in [0.05, 0.1) is 31.4 Å². The van der Waals surface area contributed by atoms with Crippen molar-refractivity contribution in [3.05, 3.63) is 28.9 Å². The number of ether oxygens (including phenoxy) is 2. The molecule has 2 aromatic heterocycles. The Morgan fingerprint density at radius 1 is 1.22 bits per heavy atom. The maximum atomic E-state index is 11.2. The van der Waals surface area contributed by atoms with E-state index in [1.165, 1.54) is 6.20 Å². The zero-order valence-electron chi connectivity index (χ0n) is 9.81. The van der Waals surface area contributed by atoms with E-state index in [4.69, 9.17) is 13.9 Å². The predicted octanol–water partition coefficient (Wildman–Crippen LogP) is 1.69. The van der Waals surface area contributed by atoms with Gasteiger partial charge in [0.15, 0.2) is 17.1 Å². The average Bonchev–Trinajstić information content (AvgIpc) is 2.77. The molecule has 2 heterocycles. The van der Waals surface area contributed by atoms with Crippen molar-refractivity contribution in [3.63, 3.8) is 0 Å². The Morgan fingerprint density at radius 3 is 2.67 bits per heavy atom. The van der Waals surface area contributed by atoms with Crippen LogP contribution in [0, 0.1) is 0 Å². The molecule has 6 heteroatoms. The summed E-state index contributed by atoms with van der Waals surface area (Å²) in [6, 6.07) is 3.51. The second kappa shape index (κ2) is 3.76. The van der Waals surface area contributed by atoms with E-state index < -0.39 is 5.76 Å². The van der Waals surface area contributed by atoms with Gasteiger partial charge in [0.1, 0.15) is 0 Å². The highest BCUT2D eigenvalue weighted by Crippen LogP contribution is 2.33. The number of H-pyrrole nitrogens is 1. The Labute approximate surface area is 101 Å². The molecule has 0 amide bonds. The van der Waals surface area contributed by atoms with Gasteiger partial charge in [-0.25, -0.2) is 4.79 Å². The van der Waals surface area contributed by atoms with Crippen molar-refractivity contribution >= 4 is 22.0 Å². The van der Waals surface area contributed by atoms with Gasteiger partial charge in [-0.15, -0.1) is 0 Å². The number of nitrogens with one attached hydrogen (secondary N) is 1. The highest BCUT2D eigenvalue weighted by molar-refractivity contribution is 6.02. The van der Waals surface area contributed by atoms with Crippen molar-refractivity contribution in [1.82, 2.24) is 9.97 Å². The summed E-state index contributed by atoms with van der Waals surface area (Å²) < 4.78 is 15.4. The molecule has 0 spiro atoms. The number of methoxy groups -OCH3 is 2. The van der Waals surface area contributed by atoms with Crippen molar-refractivity contribution in [2.24, 2.45) is 0 Å². The van der Waals surface area contributed by atoms with Crippen LogP contribution in [0.2, 0.25) is 0 Å². The predicted molar refractivity (Wildman–Crippen MR) is 65.2 cm³/mol. The van der Waals surface area contributed by atoms with Gasteiger partial charge in [-0.2, -0.15) is 0 Å². The van der Waals surface area contributed by atoms with Gasteiger partial charge in [-0.1, -0.05) is 0 Å². The summed E-state index contributed by atoms with van der Waals surface area (Å²) >= 11 is 0. The maximum absolute atomic E-state index is 11.2. The van der Waals surface area contributed by atoms with Crippen molar-refractivity contribution in [2.75, 3.05) is 14.2 Å². The number of nitrogens with zero attached hydrogens (tertiary/aromatic N) is 1. The van der Waals surface area contributed by atoms with Crippen LogP contribution in [0.15, 0.2) is 27.5 Å². The number of pyridine rings is 1. The van der Waals surface area contributed by atoms with E-state index in [-0.39, 0.29) is 0 Å². The summed E-state index contributed by atoms with van der Waals surface area (Å²) in [5.74, 6) is 0.651. The van der Waals surface area contributed by atoms with Crippen molar-refractivity contribution in [1.29, 1.82) is 0 Å². The molecular formula is C12H10N2O4. The molecule has 0 saturated heterocycles. The first-order chi connectivity index (χ1) is 8.72. The zero-order chi connectivity index (χ0) is 12.7. The molecule has 1 N–H and O–H groups in total. The molecule has 92 valence electrons. The molecule has 1 aromatic carbocycles. The highest BCUT2D eigenvalue weighted by Gasteiger charge is 2.11. The Morgan fingerprint density at radius 2 is 1.94 bits per heavy atom. The Balaban J connectivity index is 2.45. The molecule has 0 aliphatic rings. The minimum atomic E-state index is -0.505. The third-order valence-electron chi connectivity index (χ3n) is 2.77. The SMILES string of the molecule is COc1cc2ncc3oc(=O)[nH]c3c2cc1OC. The Hall–Kier alpha value is -2.50. The van der Waals surface area contributed by atoms with Gasteiger partial charge in [-0.05, 0) is 6.07 Å². The van der Waals surface area contributed by atoms with E-state index >= 15 is 0 Å². The first kappa shape index (κ1) is 10.6. The molecule has 6 nitrogen and oxygen atoms in total. The molecule has 0 radical (unpaired) electrons. The number of benzene rings is 1. The van der Waals surface area contributed by atoms with E-state index in [1.807, 2.05) is 0 Å². The fourth-order valence-electron chi connectivity index (χ4n) is 1.93. The third kappa shape index (κ3) is 1.42. The molecule has 0 fully saturated rings. The van der Waals surface area contributed by atoms with Gasteiger partial charge in [0.2, 0.25) is 0 Å². The molecule has 0 unspecified atom stereocenters. The van der Waals surface area contributed by atoms with Crippen molar-refractivity contribution in [3.8, 4) is 11.5 Å². The quantitative estimate of drug-likeness (QED) is 0.744. The molecular weight excluding hydrogens is 236 g/mol. The number of hydrogen-bond donors (Lipinski definition) is 1. The number of aromatic amines is 1. The van der Waals surface area contributed by atoms with Gasteiger partial charge in [0, 0.05) is 11.5 Å². The fraction of sp³-hybridized carbons (Fsp3) is 0.167. The summed E-state index contributed by atoms with van der Waals surface area (Å²) in [5, 5.41) is 0.746. The second-order valence-electron chi connectivity index (χ2n) is 3.74. The summed E-state index contributed by atoms with van der Waals surface area (Å²) in [4.78, 5) is 18.1. The third-order valence-corrected chi connectivity index (χ3v) is 2.77. The highest BCUT2D eigenvalue weighted by atomic mass is 16.5.